The van der Waals surface area contributed by atoms with Crippen molar-refractivity contribution in [2.75, 3.05) is 27.1 Å². The molecule has 0 heterocycles. The zero-order valence-electron chi connectivity index (χ0n) is 8.44. The van der Waals surface area contributed by atoms with Crippen LogP contribution in [0.1, 0.15) is 6.42 Å². The van der Waals surface area contributed by atoms with Gasteiger partial charge in [-0.3, -0.25) is 4.18 Å². The minimum atomic E-state index is -3.37. The standard InChI is InChI=1S/C8H14O5S/c1-11-8(12-2)6-4-5-7-13-14(3,9)10/h8H,5,7H2,1-3H3. The maximum absolute atomic E-state index is 10.5. The van der Waals surface area contributed by atoms with E-state index in [0.717, 1.165) is 6.26 Å². The minimum Gasteiger partial charge on any atom is -0.345 e. The van der Waals surface area contributed by atoms with Crippen LogP contribution in [0.4, 0.5) is 0 Å². The molecule has 0 unspecified atom stereocenters. The monoisotopic (exact) mass is 222 g/mol. The maximum atomic E-state index is 10.5. The number of ether oxygens (including phenoxy) is 2. The molecule has 6 heteroatoms. The second-order valence-electron chi connectivity index (χ2n) is 2.40. The first-order chi connectivity index (χ1) is 6.49. The first-order valence-corrected chi connectivity index (χ1v) is 5.69. The van der Waals surface area contributed by atoms with Gasteiger partial charge in [0.25, 0.3) is 10.1 Å². The van der Waals surface area contributed by atoms with Crippen LogP contribution in [-0.2, 0) is 23.8 Å². The average Bonchev–Trinajstić information content (AvgIpc) is 2.09. The van der Waals surface area contributed by atoms with E-state index in [9.17, 15) is 8.42 Å². The van der Waals surface area contributed by atoms with Gasteiger partial charge < -0.3 is 9.47 Å². The summed E-state index contributed by atoms with van der Waals surface area (Å²) in [7, 11) is -0.430. The second-order valence-corrected chi connectivity index (χ2v) is 4.04. The van der Waals surface area contributed by atoms with E-state index in [1.807, 2.05) is 0 Å². The Hall–Kier alpha value is -0.610. The summed E-state index contributed by atoms with van der Waals surface area (Å²) in [6, 6.07) is 0. The highest BCUT2D eigenvalue weighted by molar-refractivity contribution is 7.85. The van der Waals surface area contributed by atoms with Crippen molar-refractivity contribution in [1.29, 1.82) is 0 Å². The molecule has 0 N–H and O–H groups in total. The summed E-state index contributed by atoms with van der Waals surface area (Å²) in [6.07, 6.45) is 0.734. The molecule has 0 radical (unpaired) electrons. The van der Waals surface area contributed by atoms with Gasteiger partial charge >= 0.3 is 0 Å². The van der Waals surface area contributed by atoms with Gasteiger partial charge in [-0.1, -0.05) is 5.92 Å². The topological polar surface area (TPSA) is 61.8 Å². The van der Waals surface area contributed by atoms with Gasteiger partial charge in [-0.15, -0.1) is 0 Å². The summed E-state index contributed by atoms with van der Waals surface area (Å²) in [5.41, 5.74) is 0. The molecule has 0 bridgehead atoms. The summed E-state index contributed by atoms with van der Waals surface area (Å²) in [4.78, 5) is 0. The molecule has 0 rings (SSSR count). The molecule has 0 aliphatic rings. The lowest BCUT2D eigenvalue weighted by molar-refractivity contribution is -0.0596. The molecule has 0 aliphatic carbocycles. The van der Waals surface area contributed by atoms with E-state index in [2.05, 4.69) is 16.0 Å². The Kier molecular flexibility index (Phi) is 6.49. The number of hydrogen-bond donors (Lipinski definition) is 0. The van der Waals surface area contributed by atoms with Crippen LogP contribution in [0, 0.1) is 11.8 Å². The highest BCUT2D eigenvalue weighted by Crippen LogP contribution is 1.90. The van der Waals surface area contributed by atoms with Crippen molar-refractivity contribution in [1.82, 2.24) is 0 Å². The molecule has 0 aliphatic heterocycles. The Bertz CT molecular complexity index is 293. The van der Waals surface area contributed by atoms with Gasteiger partial charge in [0.2, 0.25) is 6.29 Å². The Labute approximate surface area is 84.5 Å². The van der Waals surface area contributed by atoms with Gasteiger partial charge in [0.1, 0.15) is 0 Å². The molecule has 0 saturated heterocycles. The molecule has 0 amide bonds. The van der Waals surface area contributed by atoms with E-state index in [0.29, 0.717) is 6.42 Å². The molecule has 0 atom stereocenters. The zero-order chi connectivity index (χ0) is 11.0. The van der Waals surface area contributed by atoms with E-state index in [1.54, 1.807) is 0 Å². The molecule has 0 fully saturated rings. The van der Waals surface area contributed by atoms with Crippen molar-refractivity contribution in [3.63, 3.8) is 0 Å². The summed E-state index contributed by atoms with van der Waals surface area (Å²) >= 11 is 0. The van der Waals surface area contributed by atoms with Gasteiger partial charge in [-0.25, -0.2) is 0 Å². The van der Waals surface area contributed by atoms with Crippen molar-refractivity contribution in [2.45, 2.75) is 12.7 Å². The highest BCUT2D eigenvalue weighted by Gasteiger charge is 1.99. The predicted molar refractivity (Wildman–Crippen MR) is 51.0 cm³/mol. The van der Waals surface area contributed by atoms with Crippen molar-refractivity contribution >= 4 is 10.1 Å². The number of hydrogen-bond acceptors (Lipinski definition) is 5. The molecule has 5 nitrogen and oxygen atoms in total. The van der Waals surface area contributed by atoms with Gasteiger partial charge in [0.15, 0.2) is 0 Å². The Morgan fingerprint density at radius 3 is 2.29 bits per heavy atom. The average molecular weight is 222 g/mol. The minimum absolute atomic E-state index is 0.0476. The zero-order valence-corrected chi connectivity index (χ0v) is 9.26. The van der Waals surface area contributed by atoms with E-state index in [1.165, 1.54) is 14.2 Å². The molecule has 0 aromatic carbocycles. The third-order valence-corrected chi connectivity index (χ3v) is 1.77. The second kappa shape index (κ2) is 6.79. The number of methoxy groups -OCH3 is 2. The van der Waals surface area contributed by atoms with Gasteiger partial charge in [-0.2, -0.15) is 8.42 Å². The molecule has 0 aromatic heterocycles. The number of rotatable bonds is 5. The molecule has 0 saturated carbocycles. The van der Waals surface area contributed by atoms with Gasteiger partial charge in [0.05, 0.1) is 12.9 Å². The van der Waals surface area contributed by atoms with Crippen molar-refractivity contribution < 1.29 is 22.1 Å². The van der Waals surface area contributed by atoms with Crippen molar-refractivity contribution in [2.24, 2.45) is 0 Å². The Morgan fingerprint density at radius 1 is 1.29 bits per heavy atom. The smallest absolute Gasteiger partial charge is 0.264 e. The lowest BCUT2D eigenvalue weighted by atomic mass is 10.4. The molecule has 82 valence electrons. The van der Waals surface area contributed by atoms with Crippen LogP contribution in [-0.4, -0.2) is 41.8 Å². The quantitative estimate of drug-likeness (QED) is 0.283. The lowest BCUT2D eigenvalue weighted by Gasteiger charge is -2.03. The molecule has 0 spiro atoms. The summed E-state index contributed by atoms with van der Waals surface area (Å²) < 4.78 is 35.1. The van der Waals surface area contributed by atoms with Crippen LogP contribution >= 0.6 is 0 Å². The Morgan fingerprint density at radius 2 is 1.86 bits per heavy atom. The van der Waals surface area contributed by atoms with E-state index in [-0.39, 0.29) is 6.61 Å². The third-order valence-electron chi connectivity index (χ3n) is 1.17. The van der Waals surface area contributed by atoms with E-state index in [4.69, 9.17) is 9.47 Å². The largest absolute Gasteiger partial charge is 0.345 e. The summed E-state index contributed by atoms with van der Waals surface area (Å²) in [6.45, 7) is 0.0476. The normalized spacial score (nSPS) is 11.1. The Balaban J connectivity index is 3.72. The predicted octanol–water partition coefficient (Wildman–Crippen LogP) is -0.0250. The van der Waals surface area contributed by atoms with Crippen LogP contribution < -0.4 is 0 Å². The van der Waals surface area contributed by atoms with Crippen molar-refractivity contribution in [3.8, 4) is 11.8 Å². The molecule has 0 aromatic rings. The fourth-order valence-corrected chi connectivity index (χ4v) is 1.000. The highest BCUT2D eigenvalue weighted by atomic mass is 32.2. The van der Waals surface area contributed by atoms with Crippen LogP contribution in [0.5, 0.6) is 0 Å². The first kappa shape index (κ1) is 13.4. The SMILES string of the molecule is COC(C#CCCOS(C)(=O)=O)OC. The van der Waals surface area contributed by atoms with Crippen molar-refractivity contribution in [3.05, 3.63) is 0 Å². The van der Waals surface area contributed by atoms with E-state index >= 15 is 0 Å². The van der Waals surface area contributed by atoms with Gasteiger partial charge in [-0.05, 0) is 5.92 Å². The summed E-state index contributed by atoms with van der Waals surface area (Å²) in [5, 5.41) is 0. The molecule has 14 heavy (non-hydrogen) atoms. The summed E-state index contributed by atoms with van der Waals surface area (Å²) in [5.74, 6) is 5.31. The van der Waals surface area contributed by atoms with Crippen LogP contribution in [0.3, 0.4) is 0 Å². The molecular weight excluding hydrogens is 208 g/mol. The van der Waals surface area contributed by atoms with Crippen LogP contribution in [0.25, 0.3) is 0 Å². The van der Waals surface area contributed by atoms with Crippen LogP contribution in [0.2, 0.25) is 0 Å². The van der Waals surface area contributed by atoms with Crippen LogP contribution in [0.15, 0.2) is 0 Å². The third kappa shape index (κ3) is 8.01. The maximum Gasteiger partial charge on any atom is 0.264 e. The van der Waals surface area contributed by atoms with E-state index < -0.39 is 16.4 Å². The fourth-order valence-electron chi connectivity index (χ4n) is 0.614. The fraction of sp³-hybridized carbons (Fsp3) is 0.750. The first-order valence-electron chi connectivity index (χ1n) is 3.88. The molecular formula is C8H14O5S. The lowest BCUT2D eigenvalue weighted by Crippen LogP contribution is -2.09. The van der Waals surface area contributed by atoms with Gasteiger partial charge in [0, 0.05) is 20.6 Å².